The van der Waals surface area contributed by atoms with Gasteiger partial charge in [0.1, 0.15) is 11.4 Å². The quantitative estimate of drug-likeness (QED) is 0.585. The molecule has 0 N–H and O–H groups in total. The highest BCUT2D eigenvalue weighted by molar-refractivity contribution is 6.30. The molecular formula is C25H26ClFN2O3. The highest BCUT2D eigenvalue weighted by Crippen LogP contribution is 2.31. The van der Waals surface area contributed by atoms with Gasteiger partial charge in [-0.25, -0.2) is 9.18 Å². The summed E-state index contributed by atoms with van der Waals surface area (Å²) in [7, 11) is 0. The monoisotopic (exact) mass is 456 g/mol. The SMILES string of the molecule is CC(C)(C)OC(=O)N1CC=C(N2CCc3ccc(-c4ccc(Cl)cc4F)cc3C2=O)CC1. The lowest BCUT2D eigenvalue weighted by Gasteiger charge is -2.35. The lowest BCUT2D eigenvalue weighted by Crippen LogP contribution is -2.43. The Morgan fingerprint density at radius 3 is 2.50 bits per heavy atom. The molecule has 5 nitrogen and oxygen atoms in total. The Labute approximate surface area is 192 Å². The van der Waals surface area contributed by atoms with Gasteiger partial charge >= 0.3 is 6.09 Å². The molecule has 4 rings (SSSR count). The van der Waals surface area contributed by atoms with E-state index >= 15 is 0 Å². The first-order valence-corrected chi connectivity index (χ1v) is 11.1. The number of nitrogens with zero attached hydrogens (tertiary/aromatic N) is 2. The standard InChI is InChI=1S/C25H26ClFN2O3/c1-25(2,3)32-24(31)28-11-9-19(10-12-28)29-13-8-16-4-5-17(14-21(16)23(29)30)20-7-6-18(26)15-22(20)27/h4-7,9,14-15H,8,10-13H2,1-3H3. The summed E-state index contributed by atoms with van der Waals surface area (Å²) in [6, 6.07) is 10.0. The number of amides is 2. The van der Waals surface area contributed by atoms with Gasteiger partial charge in [0, 0.05) is 47.9 Å². The van der Waals surface area contributed by atoms with Gasteiger partial charge in [0.2, 0.25) is 0 Å². The van der Waals surface area contributed by atoms with E-state index in [0.717, 1.165) is 17.7 Å². The summed E-state index contributed by atoms with van der Waals surface area (Å²) < 4.78 is 19.8. The zero-order chi connectivity index (χ0) is 23.0. The predicted octanol–water partition coefficient (Wildman–Crippen LogP) is 5.67. The van der Waals surface area contributed by atoms with Crippen LogP contribution in [0.3, 0.4) is 0 Å². The molecule has 0 radical (unpaired) electrons. The van der Waals surface area contributed by atoms with Gasteiger partial charge in [-0.15, -0.1) is 0 Å². The summed E-state index contributed by atoms with van der Waals surface area (Å²) in [5.74, 6) is -0.519. The normalized spacial score (nSPS) is 16.5. The maximum atomic E-state index is 14.4. The number of ether oxygens (including phenoxy) is 1. The van der Waals surface area contributed by atoms with Crippen LogP contribution in [0.25, 0.3) is 11.1 Å². The number of halogens is 2. The molecule has 7 heteroatoms. The van der Waals surface area contributed by atoms with Crippen molar-refractivity contribution in [3.05, 3.63) is 70.1 Å². The summed E-state index contributed by atoms with van der Waals surface area (Å²) in [5.41, 5.74) is 2.95. The van der Waals surface area contributed by atoms with E-state index in [1.165, 1.54) is 6.07 Å². The number of benzene rings is 2. The lowest BCUT2D eigenvalue weighted by molar-refractivity contribution is 0.0260. The molecule has 2 aliphatic heterocycles. The van der Waals surface area contributed by atoms with Crippen molar-refractivity contribution in [2.24, 2.45) is 0 Å². The minimum atomic E-state index is -0.547. The van der Waals surface area contributed by atoms with Crippen molar-refractivity contribution >= 4 is 23.6 Å². The maximum absolute atomic E-state index is 14.4. The predicted molar refractivity (Wildman–Crippen MR) is 122 cm³/mol. The smallest absolute Gasteiger partial charge is 0.410 e. The van der Waals surface area contributed by atoms with Crippen LogP contribution < -0.4 is 0 Å². The van der Waals surface area contributed by atoms with E-state index in [2.05, 4.69) is 0 Å². The average Bonchev–Trinajstić information content (AvgIpc) is 2.73. The molecule has 2 aliphatic rings. The fourth-order valence-corrected chi connectivity index (χ4v) is 4.19. The largest absolute Gasteiger partial charge is 0.444 e. The van der Waals surface area contributed by atoms with Crippen molar-refractivity contribution in [1.82, 2.24) is 9.80 Å². The van der Waals surface area contributed by atoms with Crippen LogP contribution in [0.5, 0.6) is 0 Å². The van der Waals surface area contributed by atoms with Crippen molar-refractivity contribution in [2.75, 3.05) is 19.6 Å². The van der Waals surface area contributed by atoms with Gasteiger partial charge in [0.25, 0.3) is 5.91 Å². The fourth-order valence-electron chi connectivity index (χ4n) is 4.03. The van der Waals surface area contributed by atoms with Crippen LogP contribution >= 0.6 is 11.6 Å². The van der Waals surface area contributed by atoms with Gasteiger partial charge in [0.15, 0.2) is 0 Å². The Morgan fingerprint density at radius 2 is 1.84 bits per heavy atom. The summed E-state index contributed by atoms with van der Waals surface area (Å²) in [6.45, 7) is 6.99. The van der Waals surface area contributed by atoms with Crippen molar-refractivity contribution < 1.29 is 18.7 Å². The Hall–Kier alpha value is -2.86. The van der Waals surface area contributed by atoms with Crippen molar-refractivity contribution in [2.45, 2.75) is 39.2 Å². The van der Waals surface area contributed by atoms with Crippen molar-refractivity contribution in [3.8, 4) is 11.1 Å². The minimum absolute atomic E-state index is 0.0977. The first-order chi connectivity index (χ1) is 15.1. The van der Waals surface area contributed by atoms with Gasteiger partial charge in [-0.3, -0.25) is 4.79 Å². The third-order valence-electron chi connectivity index (χ3n) is 5.62. The highest BCUT2D eigenvalue weighted by Gasteiger charge is 2.30. The molecule has 2 aromatic carbocycles. The molecular weight excluding hydrogens is 431 g/mol. The Morgan fingerprint density at radius 1 is 1.06 bits per heavy atom. The summed E-state index contributed by atoms with van der Waals surface area (Å²) >= 11 is 5.87. The van der Waals surface area contributed by atoms with Crippen LogP contribution in [0.1, 0.15) is 43.1 Å². The molecule has 0 saturated carbocycles. The zero-order valence-electron chi connectivity index (χ0n) is 18.5. The lowest BCUT2D eigenvalue weighted by atomic mass is 9.93. The molecule has 0 aliphatic carbocycles. The Balaban J connectivity index is 1.53. The minimum Gasteiger partial charge on any atom is -0.444 e. The summed E-state index contributed by atoms with van der Waals surface area (Å²) in [6.07, 6.45) is 2.86. The fraction of sp³-hybridized carbons (Fsp3) is 0.360. The molecule has 0 atom stereocenters. The van der Waals surface area contributed by atoms with Crippen LogP contribution in [-0.2, 0) is 11.2 Å². The van der Waals surface area contributed by atoms with Gasteiger partial charge < -0.3 is 14.5 Å². The van der Waals surface area contributed by atoms with E-state index in [-0.39, 0.29) is 12.0 Å². The molecule has 2 aromatic rings. The van der Waals surface area contributed by atoms with E-state index in [9.17, 15) is 14.0 Å². The van der Waals surface area contributed by atoms with E-state index < -0.39 is 11.4 Å². The van der Waals surface area contributed by atoms with Crippen molar-refractivity contribution in [1.29, 1.82) is 0 Å². The molecule has 0 fully saturated rings. The van der Waals surface area contributed by atoms with E-state index in [1.54, 1.807) is 28.0 Å². The molecule has 0 spiro atoms. The van der Waals surface area contributed by atoms with E-state index in [0.29, 0.717) is 47.8 Å². The molecule has 168 valence electrons. The van der Waals surface area contributed by atoms with Crippen LogP contribution in [0.2, 0.25) is 5.02 Å². The summed E-state index contributed by atoms with van der Waals surface area (Å²) in [5, 5.41) is 0.330. The third-order valence-corrected chi connectivity index (χ3v) is 5.85. The van der Waals surface area contributed by atoms with Gasteiger partial charge in [-0.05, 0) is 68.7 Å². The number of rotatable bonds is 2. The van der Waals surface area contributed by atoms with E-state index in [4.69, 9.17) is 16.3 Å². The van der Waals surface area contributed by atoms with Crippen molar-refractivity contribution in [3.63, 3.8) is 0 Å². The molecule has 0 aromatic heterocycles. The molecule has 0 saturated heterocycles. The molecule has 32 heavy (non-hydrogen) atoms. The third kappa shape index (κ3) is 4.65. The molecule has 2 amide bonds. The molecule has 2 heterocycles. The highest BCUT2D eigenvalue weighted by atomic mass is 35.5. The average molecular weight is 457 g/mol. The topological polar surface area (TPSA) is 49.9 Å². The Kier molecular flexibility index (Phi) is 5.99. The van der Waals surface area contributed by atoms with Gasteiger partial charge in [-0.2, -0.15) is 0 Å². The van der Waals surface area contributed by atoms with Gasteiger partial charge in [-0.1, -0.05) is 23.7 Å². The second-order valence-electron chi connectivity index (χ2n) is 9.07. The number of fused-ring (bicyclic) bond motifs is 1. The second-order valence-corrected chi connectivity index (χ2v) is 9.51. The number of hydrogen-bond acceptors (Lipinski definition) is 3. The zero-order valence-corrected chi connectivity index (χ0v) is 19.2. The van der Waals surface area contributed by atoms with Gasteiger partial charge in [0.05, 0.1) is 0 Å². The maximum Gasteiger partial charge on any atom is 0.410 e. The van der Waals surface area contributed by atoms with Crippen LogP contribution in [-0.4, -0.2) is 47.0 Å². The molecule has 0 unspecified atom stereocenters. The molecule has 0 bridgehead atoms. The number of hydrogen-bond donors (Lipinski definition) is 0. The number of carbonyl (C=O) groups is 2. The van der Waals surface area contributed by atoms with Crippen LogP contribution in [0.4, 0.5) is 9.18 Å². The van der Waals surface area contributed by atoms with E-state index in [1.807, 2.05) is 39.0 Å². The van der Waals surface area contributed by atoms with Crippen LogP contribution in [0.15, 0.2) is 48.2 Å². The second kappa shape index (κ2) is 8.58. The van der Waals surface area contributed by atoms with Crippen LogP contribution in [0, 0.1) is 5.82 Å². The Bertz CT molecular complexity index is 1110. The first-order valence-electron chi connectivity index (χ1n) is 10.7. The number of carbonyl (C=O) groups excluding carboxylic acids is 2. The summed E-state index contributed by atoms with van der Waals surface area (Å²) in [4.78, 5) is 29.0. The first kappa shape index (κ1) is 22.3.